The van der Waals surface area contributed by atoms with E-state index in [-0.39, 0.29) is 30.3 Å². The van der Waals surface area contributed by atoms with Gasteiger partial charge in [-0.2, -0.15) is 13.8 Å². The molecular weight excluding hydrogens is 413 g/mol. The second-order valence-corrected chi connectivity index (χ2v) is 8.08. The minimum Gasteiger partial charge on any atom is -0.431 e. The van der Waals surface area contributed by atoms with Gasteiger partial charge >= 0.3 is 6.61 Å². The zero-order valence-corrected chi connectivity index (χ0v) is 16.8. The highest BCUT2D eigenvalue weighted by Gasteiger charge is 2.40. The number of pyridine rings is 1. The maximum absolute atomic E-state index is 14.0. The number of piperidine rings is 1. The second-order valence-electron chi connectivity index (χ2n) is 8.08. The number of fused-ring (bicyclic) bond motifs is 2. The van der Waals surface area contributed by atoms with E-state index < -0.39 is 12.8 Å². The van der Waals surface area contributed by atoms with Crippen LogP contribution in [0.25, 0.3) is 11.3 Å². The van der Waals surface area contributed by atoms with Gasteiger partial charge in [0.05, 0.1) is 31.0 Å². The summed E-state index contributed by atoms with van der Waals surface area (Å²) in [6.45, 7) is -0.807. The summed E-state index contributed by atoms with van der Waals surface area (Å²) in [5.41, 5.74) is 6.62. The molecule has 0 saturated carbocycles. The molecule has 3 aliphatic rings. The zero-order valence-electron chi connectivity index (χ0n) is 16.8. The van der Waals surface area contributed by atoms with Gasteiger partial charge in [0.2, 0.25) is 5.95 Å². The molecule has 5 rings (SSSR count). The summed E-state index contributed by atoms with van der Waals surface area (Å²) in [5, 5.41) is 0. The van der Waals surface area contributed by atoms with Crippen LogP contribution in [0.5, 0.6) is 5.75 Å². The zero-order chi connectivity index (χ0) is 21.5. The van der Waals surface area contributed by atoms with Gasteiger partial charge in [0, 0.05) is 30.9 Å². The van der Waals surface area contributed by atoms with Crippen molar-refractivity contribution in [1.82, 2.24) is 15.0 Å². The van der Waals surface area contributed by atoms with Gasteiger partial charge in [0.15, 0.2) is 11.6 Å². The van der Waals surface area contributed by atoms with Crippen LogP contribution in [0.1, 0.15) is 19.3 Å². The molecule has 0 aliphatic carbocycles. The summed E-state index contributed by atoms with van der Waals surface area (Å²) in [4.78, 5) is 17.3. The van der Waals surface area contributed by atoms with Crippen LogP contribution in [0.2, 0.25) is 0 Å². The SMILES string of the molecule is Nc1ncc(-c2cc(N3C[C@@H]4C[C@H]3CO4)nc(N3CCCC(F)C3)n2)cc1OC(F)F. The Labute approximate surface area is 177 Å². The summed E-state index contributed by atoms with van der Waals surface area (Å²) in [6, 6.07) is 3.40. The second kappa shape index (κ2) is 8.03. The molecule has 0 spiro atoms. The Balaban J connectivity index is 1.54. The topological polar surface area (TPSA) is 89.6 Å². The van der Waals surface area contributed by atoms with E-state index in [1.165, 1.54) is 12.3 Å². The van der Waals surface area contributed by atoms with Crippen LogP contribution < -0.4 is 20.3 Å². The first-order valence-corrected chi connectivity index (χ1v) is 10.3. The highest BCUT2D eigenvalue weighted by atomic mass is 19.3. The van der Waals surface area contributed by atoms with Crippen molar-refractivity contribution in [1.29, 1.82) is 0 Å². The van der Waals surface area contributed by atoms with E-state index >= 15 is 0 Å². The molecule has 2 aromatic heterocycles. The van der Waals surface area contributed by atoms with Gasteiger partial charge in [-0.1, -0.05) is 0 Å². The monoisotopic (exact) mass is 436 g/mol. The van der Waals surface area contributed by atoms with Crippen molar-refractivity contribution in [2.75, 3.05) is 41.8 Å². The van der Waals surface area contributed by atoms with E-state index in [9.17, 15) is 13.2 Å². The summed E-state index contributed by atoms with van der Waals surface area (Å²) in [5.74, 6) is 0.755. The summed E-state index contributed by atoms with van der Waals surface area (Å²) in [7, 11) is 0. The molecule has 2 aromatic rings. The lowest BCUT2D eigenvalue weighted by atomic mass is 10.1. The Morgan fingerprint density at radius 3 is 2.81 bits per heavy atom. The predicted octanol–water partition coefficient (Wildman–Crippen LogP) is 2.64. The number of ether oxygens (including phenoxy) is 2. The molecule has 8 nitrogen and oxygen atoms in total. The summed E-state index contributed by atoms with van der Waals surface area (Å²) in [6.07, 6.45) is 2.85. The lowest BCUT2D eigenvalue weighted by Crippen LogP contribution is -2.39. The van der Waals surface area contributed by atoms with E-state index in [1.54, 1.807) is 6.07 Å². The number of morpholine rings is 1. The van der Waals surface area contributed by atoms with Gasteiger partial charge < -0.3 is 25.0 Å². The highest BCUT2D eigenvalue weighted by Crippen LogP contribution is 2.35. The molecule has 3 atom stereocenters. The maximum atomic E-state index is 14.0. The molecule has 2 bridgehead atoms. The Kier molecular flexibility index (Phi) is 5.20. The molecule has 166 valence electrons. The van der Waals surface area contributed by atoms with Gasteiger partial charge in [-0.3, -0.25) is 0 Å². The average molecular weight is 436 g/mol. The van der Waals surface area contributed by atoms with Crippen molar-refractivity contribution in [2.24, 2.45) is 0 Å². The van der Waals surface area contributed by atoms with Crippen LogP contribution in [0.3, 0.4) is 0 Å². The van der Waals surface area contributed by atoms with E-state index in [1.807, 2.05) is 4.90 Å². The van der Waals surface area contributed by atoms with E-state index in [0.717, 1.165) is 6.42 Å². The first-order valence-electron chi connectivity index (χ1n) is 10.3. The average Bonchev–Trinajstić information content (AvgIpc) is 3.38. The number of alkyl halides is 3. The van der Waals surface area contributed by atoms with Crippen molar-refractivity contribution in [2.45, 2.75) is 44.2 Å². The van der Waals surface area contributed by atoms with Crippen LogP contribution >= 0.6 is 0 Å². The number of nitrogens with zero attached hydrogens (tertiary/aromatic N) is 5. The molecule has 0 radical (unpaired) electrons. The quantitative estimate of drug-likeness (QED) is 0.765. The molecule has 31 heavy (non-hydrogen) atoms. The Morgan fingerprint density at radius 2 is 2.10 bits per heavy atom. The number of aromatic nitrogens is 3. The molecule has 3 aliphatic heterocycles. The first-order chi connectivity index (χ1) is 15.0. The minimum absolute atomic E-state index is 0.135. The molecule has 3 saturated heterocycles. The van der Waals surface area contributed by atoms with Gasteiger partial charge in [-0.05, 0) is 25.3 Å². The van der Waals surface area contributed by atoms with Gasteiger partial charge in [0.25, 0.3) is 0 Å². The summed E-state index contributed by atoms with van der Waals surface area (Å²) < 4.78 is 49.7. The van der Waals surface area contributed by atoms with Gasteiger partial charge in [-0.15, -0.1) is 0 Å². The van der Waals surface area contributed by atoms with E-state index in [2.05, 4.69) is 19.6 Å². The number of rotatable bonds is 5. The first kappa shape index (κ1) is 20.1. The van der Waals surface area contributed by atoms with Gasteiger partial charge in [-0.25, -0.2) is 14.4 Å². The van der Waals surface area contributed by atoms with Crippen LogP contribution in [0, 0.1) is 0 Å². The smallest absolute Gasteiger partial charge is 0.387 e. The Hall–Kier alpha value is -2.82. The maximum Gasteiger partial charge on any atom is 0.387 e. The Bertz CT molecular complexity index is 965. The standard InChI is InChI=1S/C20H23F3N6O2/c21-12-2-1-3-28(8-12)20-26-15(11-4-16(31-19(22)23)18(24)25-7-11)6-17(27-20)29-9-14-5-13(29)10-30-14/h4,6-7,12-14,19H,1-3,5,8-10H2,(H2,24,25)/t12?,13-,14-/m0/s1. The van der Waals surface area contributed by atoms with Crippen molar-refractivity contribution in [3.8, 4) is 17.0 Å². The predicted molar refractivity (Wildman–Crippen MR) is 108 cm³/mol. The number of nitrogens with two attached hydrogens (primary N) is 1. The molecular formula is C20H23F3N6O2. The summed E-state index contributed by atoms with van der Waals surface area (Å²) >= 11 is 0. The molecule has 0 amide bonds. The lowest BCUT2D eigenvalue weighted by Gasteiger charge is -2.32. The molecule has 3 fully saturated rings. The van der Waals surface area contributed by atoms with E-state index in [0.29, 0.717) is 55.6 Å². The third kappa shape index (κ3) is 4.06. The molecule has 11 heteroatoms. The van der Waals surface area contributed by atoms with Gasteiger partial charge in [0.1, 0.15) is 12.0 Å². The molecule has 5 heterocycles. The molecule has 2 N–H and O–H groups in total. The van der Waals surface area contributed by atoms with Crippen LogP contribution in [0.15, 0.2) is 18.3 Å². The van der Waals surface area contributed by atoms with Crippen molar-refractivity contribution < 1.29 is 22.6 Å². The van der Waals surface area contributed by atoms with Crippen LogP contribution in [0.4, 0.5) is 30.8 Å². The Morgan fingerprint density at radius 1 is 1.23 bits per heavy atom. The number of halogens is 3. The van der Waals surface area contributed by atoms with E-state index in [4.69, 9.17) is 15.5 Å². The van der Waals surface area contributed by atoms with Crippen LogP contribution in [-0.2, 0) is 4.74 Å². The fourth-order valence-electron chi connectivity index (χ4n) is 4.43. The third-order valence-electron chi connectivity index (χ3n) is 5.94. The minimum atomic E-state index is -3.02. The number of nitrogen functional groups attached to an aromatic ring is 1. The normalized spacial score (nSPS) is 25.5. The third-order valence-corrected chi connectivity index (χ3v) is 5.94. The largest absolute Gasteiger partial charge is 0.431 e. The van der Waals surface area contributed by atoms with Crippen molar-refractivity contribution >= 4 is 17.6 Å². The number of anilines is 3. The van der Waals surface area contributed by atoms with Crippen LogP contribution in [-0.4, -0.2) is 66.1 Å². The highest BCUT2D eigenvalue weighted by molar-refractivity contribution is 5.68. The fraction of sp³-hybridized carbons (Fsp3) is 0.550. The number of hydrogen-bond donors (Lipinski definition) is 1. The van der Waals surface area contributed by atoms with Crippen molar-refractivity contribution in [3.05, 3.63) is 18.3 Å². The fourth-order valence-corrected chi connectivity index (χ4v) is 4.43. The molecule has 1 unspecified atom stereocenters. The lowest BCUT2D eigenvalue weighted by molar-refractivity contribution is -0.0494. The number of hydrogen-bond acceptors (Lipinski definition) is 8. The molecule has 0 aromatic carbocycles. The van der Waals surface area contributed by atoms with Crippen molar-refractivity contribution in [3.63, 3.8) is 0 Å².